The average molecular weight is 528 g/mol. The molecule has 1 amide bonds. The predicted molar refractivity (Wildman–Crippen MR) is 156 cm³/mol. The fraction of sp³-hybridized carbons (Fsp3) is 0.424. The summed E-state index contributed by atoms with van der Waals surface area (Å²) in [6, 6.07) is 32.0. The first kappa shape index (κ1) is 26.9. The molecule has 1 aliphatic heterocycles. The van der Waals surface area contributed by atoms with Crippen molar-refractivity contribution in [3.8, 4) is 0 Å². The summed E-state index contributed by atoms with van der Waals surface area (Å²) in [7, 11) is -2.70. The van der Waals surface area contributed by atoms with Crippen LogP contribution in [-0.4, -0.2) is 43.9 Å². The van der Waals surface area contributed by atoms with Gasteiger partial charge in [0, 0.05) is 6.54 Å². The first-order valence-corrected chi connectivity index (χ1v) is 16.0. The molecular weight excluding hydrogens is 486 g/mol. The molecule has 0 bridgehead atoms. The summed E-state index contributed by atoms with van der Waals surface area (Å²) >= 11 is 0. The highest BCUT2D eigenvalue weighted by Gasteiger charge is 2.53. The van der Waals surface area contributed by atoms with Crippen molar-refractivity contribution in [3.63, 3.8) is 0 Å². The molecule has 1 aliphatic carbocycles. The molecule has 1 saturated carbocycles. The number of rotatable bonds is 8. The van der Waals surface area contributed by atoms with Crippen LogP contribution in [0.25, 0.3) is 0 Å². The second kappa shape index (κ2) is 11.6. The van der Waals surface area contributed by atoms with Crippen molar-refractivity contribution in [3.05, 3.63) is 96.6 Å². The number of carbonyl (C=O) groups excluding carboxylic acids is 1. The van der Waals surface area contributed by atoms with E-state index in [-0.39, 0.29) is 29.2 Å². The van der Waals surface area contributed by atoms with E-state index in [4.69, 9.17) is 9.16 Å². The molecule has 2 aliphatic rings. The van der Waals surface area contributed by atoms with Gasteiger partial charge in [0.1, 0.15) is 0 Å². The van der Waals surface area contributed by atoms with Crippen molar-refractivity contribution < 1.29 is 14.0 Å². The van der Waals surface area contributed by atoms with E-state index in [0.717, 1.165) is 31.2 Å². The minimum atomic E-state index is -2.70. The molecule has 0 radical (unpaired) electrons. The Morgan fingerprint density at radius 3 is 1.95 bits per heavy atom. The Balaban J connectivity index is 1.42. The summed E-state index contributed by atoms with van der Waals surface area (Å²) in [5, 5.41) is 2.49. The number of hydrogen-bond acceptors (Lipinski definition) is 3. The van der Waals surface area contributed by atoms with Gasteiger partial charge < -0.3 is 14.1 Å². The van der Waals surface area contributed by atoms with Crippen molar-refractivity contribution in [2.24, 2.45) is 0 Å². The molecular formula is C33H41NO3Si. The third kappa shape index (κ3) is 5.51. The fourth-order valence-corrected chi connectivity index (χ4v) is 11.2. The number of ether oxygens (including phenoxy) is 1. The fourth-order valence-electron chi connectivity index (χ4n) is 6.41. The summed E-state index contributed by atoms with van der Waals surface area (Å²) in [4.78, 5) is 15.4. The third-order valence-corrected chi connectivity index (χ3v) is 13.3. The molecule has 0 aromatic heterocycles. The van der Waals surface area contributed by atoms with Crippen LogP contribution in [-0.2, 0) is 20.6 Å². The monoisotopic (exact) mass is 527 g/mol. The number of carbonyl (C=O) groups is 1. The Kier molecular flexibility index (Phi) is 8.17. The molecule has 2 fully saturated rings. The van der Waals surface area contributed by atoms with E-state index in [1.165, 1.54) is 10.4 Å². The molecule has 0 spiro atoms. The van der Waals surface area contributed by atoms with Crippen molar-refractivity contribution in [1.82, 2.24) is 4.90 Å². The Morgan fingerprint density at radius 1 is 0.816 bits per heavy atom. The highest BCUT2D eigenvalue weighted by atomic mass is 28.4. The van der Waals surface area contributed by atoms with Gasteiger partial charge in [-0.25, -0.2) is 0 Å². The molecule has 3 aromatic rings. The predicted octanol–water partition coefficient (Wildman–Crippen LogP) is 5.69. The van der Waals surface area contributed by atoms with E-state index in [2.05, 4.69) is 98.5 Å². The topological polar surface area (TPSA) is 38.8 Å². The van der Waals surface area contributed by atoms with Crippen LogP contribution in [0.15, 0.2) is 91.0 Å². The minimum Gasteiger partial charge on any atom is -0.402 e. The maximum Gasteiger partial charge on any atom is 0.261 e. The molecule has 0 N–H and O–H groups in total. The number of benzene rings is 3. The van der Waals surface area contributed by atoms with E-state index >= 15 is 0 Å². The molecule has 3 atom stereocenters. The van der Waals surface area contributed by atoms with Crippen LogP contribution in [0.5, 0.6) is 0 Å². The molecule has 38 heavy (non-hydrogen) atoms. The normalized spacial score (nSPS) is 22.6. The van der Waals surface area contributed by atoms with E-state index in [1.807, 2.05) is 18.2 Å². The molecule has 3 aromatic carbocycles. The first-order valence-electron chi connectivity index (χ1n) is 14.1. The van der Waals surface area contributed by atoms with Gasteiger partial charge in [-0.2, -0.15) is 0 Å². The van der Waals surface area contributed by atoms with Gasteiger partial charge in [0.05, 0.1) is 31.3 Å². The van der Waals surface area contributed by atoms with Crippen LogP contribution in [0.3, 0.4) is 0 Å². The van der Waals surface area contributed by atoms with Crippen LogP contribution < -0.4 is 10.4 Å². The zero-order chi connectivity index (χ0) is 26.6. The average Bonchev–Trinajstić information content (AvgIpc) is 3.31. The van der Waals surface area contributed by atoms with Gasteiger partial charge in [0.15, 0.2) is 0 Å². The number of likely N-dealkylation sites (tertiary alicyclic amines) is 1. The van der Waals surface area contributed by atoms with Crippen LogP contribution in [0.4, 0.5) is 0 Å². The molecule has 4 nitrogen and oxygen atoms in total. The van der Waals surface area contributed by atoms with Crippen molar-refractivity contribution in [2.75, 3.05) is 6.54 Å². The molecule has 200 valence electrons. The van der Waals surface area contributed by atoms with Gasteiger partial charge in [-0.3, -0.25) is 4.79 Å². The minimum absolute atomic E-state index is 0.00637. The van der Waals surface area contributed by atoms with Gasteiger partial charge in [0.2, 0.25) is 5.91 Å². The number of hydrogen-bond donors (Lipinski definition) is 0. The lowest BCUT2D eigenvalue weighted by molar-refractivity contribution is -0.132. The van der Waals surface area contributed by atoms with E-state index in [0.29, 0.717) is 19.6 Å². The van der Waals surface area contributed by atoms with Crippen LogP contribution >= 0.6 is 0 Å². The van der Waals surface area contributed by atoms with Crippen molar-refractivity contribution >= 4 is 24.6 Å². The molecule has 5 rings (SSSR count). The SMILES string of the molecule is CC(C)(C)[Si](O[C@@H]1CCCC[C@H]1N1C[C@H](OCc2ccccc2)CC1=O)(c1ccccc1)c1ccccc1. The Labute approximate surface area is 229 Å². The Bertz CT molecular complexity index is 1140. The third-order valence-electron chi connectivity index (χ3n) is 8.26. The van der Waals surface area contributed by atoms with Crippen LogP contribution in [0, 0.1) is 0 Å². The highest BCUT2D eigenvalue weighted by molar-refractivity contribution is 6.99. The standard InChI is InChI=1S/C33H41NO3Si/c1-33(2,3)38(28-17-9-5-10-18-28,29-19-11-6-12-20-29)37-31-22-14-13-21-30(31)34-24-27(23-32(34)35)36-25-26-15-7-4-8-16-26/h4-12,15-20,27,30-31H,13-14,21-25H2,1-3H3/t27-,30-,31-/m1/s1. The van der Waals surface area contributed by atoms with Crippen LogP contribution in [0.2, 0.25) is 5.04 Å². The smallest absolute Gasteiger partial charge is 0.261 e. The summed E-state index contributed by atoms with van der Waals surface area (Å²) in [6.45, 7) is 8.17. The van der Waals surface area contributed by atoms with Gasteiger partial charge in [-0.05, 0) is 33.8 Å². The second-order valence-electron chi connectivity index (χ2n) is 11.8. The lowest BCUT2D eigenvalue weighted by atomic mass is 9.91. The summed E-state index contributed by atoms with van der Waals surface area (Å²) in [5.74, 6) is 0.200. The van der Waals surface area contributed by atoms with Gasteiger partial charge in [-0.15, -0.1) is 0 Å². The Morgan fingerprint density at radius 2 is 1.37 bits per heavy atom. The van der Waals surface area contributed by atoms with Gasteiger partial charge in [-0.1, -0.05) is 125 Å². The highest BCUT2D eigenvalue weighted by Crippen LogP contribution is 2.40. The van der Waals surface area contributed by atoms with Crippen molar-refractivity contribution in [2.45, 2.75) is 82.8 Å². The van der Waals surface area contributed by atoms with Crippen LogP contribution in [0.1, 0.15) is 58.4 Å². The lowest BCUT2D eigenvalue weighted by Gasteiger charge is -2.48. The quantitative estimate of drug-likeness (QED) is 0.353. The number of amides is 1. The van der Waals surface area contributed by atoms with Crippen molar-refractivity contribution in [1.29, 1.82) is 0 Å². The molecule has 5 heteroatoms. The number of nitrogens with zero attached hydrogens (tertiary/aromatic N) is 1. The van der Waals surface area contributed by atoms with Gasteiger partial charge in [0.25, 0.3) is 8.32 Å². The molecule has 1 heterocycles. The maximum absolute atomic E-state index is 13.3. The Hall–Kier alpha value is -2.73. The van der Waals surface area contributed by atoms with Gasteiger partial charge >= 0.3 is 0 Å². The first-order chi connectivity index (χ1) is 18.4. The zero-order valence-corrected chi connectivity index (χ0v) is 24.0. The second-order valence-corrected chi connectivity index (χ2v) is 16.1. The summed E-state index contributed by atoms with van der Waals surface area (Å²) in [6.07, 6.45) is 4.62. The van der Waals surface area contributed by atoms with E-state index in [1.54, 1.807) is 0 Å². The summed E-state index contributed by atoms with van der Waals surface area (Å²) in [5.41, 5.74) is 1.14. The maximum atomic E-state index is 13.3. The molecule has 1 saturated heterocycles. The lowest BCUT2D eigenvalue weighted by Crippen LogP contribution is -2.69. The zero-order valence-electron chi connectivity index (χ0n) is 23.0. The van der Waals surface area contributed by atoms with E-state index in [9.17, 15) is 4.79 Å². The van der Waals surface area contributed by atoms with E-state index < -0.39 is 8.32 Å². The molecule has 0 unspecified atom stereocenters. The summed E-state index contributed by atoms with van der Waals surface area (Å²) < 4.78 is 13.8. The largest absolute Gasteiger partial charge is 0.402 e.